The van der Waals surface area contributed by atoms with Crippen molar-refractivity contribution in [3.8, 4) is 5.75 Å². The highest BCUT2D eigenvalue weighted by atomic mass is 16.5. The molecule has 0 aliphatic rings. The minimum Gasteiger partial charge on any atom is -0.483 e. The number of anilines is 1. The van der Waals surface area contributed by atoms with Crippen molar-refractivity contribution in [1.82, 2.24) is 5.43 Å². The summed E-state index contributed by atoms with van der Waals surface area (Å²) in [6.45, 7) is 3.46. The van der Waals surface area contributed by atoms with E-state index < -0.39 is 0 Å². The van der Waals surface area contributed by atoms with Crippen LogP contribution in [0.15, 0.2) is 59.7 Å². The van der Waals surface area contributed by atoms with Crippen molar-refractivity contribution in [2.75, 3.05) is 18.6 Å². The second kappa shape index (κ2) is 9.36. The molecule has 1 N–H and O–H groups in total. The van der Waals surface area contributed by atoms with Crippen LogP contribution in [0, 0.1) is 6.92 Å². The number of carbonyl (C=O) groups excluding carboxylic acids is 2. The van der Waals surface area contributed by atoms with Crippen LogP contribution in [0.25, 0.3) is 0 Å². The minimum atomic E-state index is -0.378. The van der Waals surface area contributed by atoms with Crippen LogP contribution >= 0.6 is 0 Å². The van der Waals surface area contributed by atoms with Gasteiger partial charge in [-0.1, -0.05) is 36.4 Å². The summed E-state index contributed by atoms with van der Waals surface area (Å²) in [5.41, 5.74) is 4.68. The monoisotopic (exact) mass is 353 g/mol. The molecule has 0 heterocycles. The summed E-state index contributed by atoms with van der Waals surface area (Å²) in [4.78, 5) is 25.6. The van der Waals surface area contributed by atoms with Crippen molar-refractivity contribution in [3.05, 3.63) is 60.2 Å². The van der Waals surface area contributed by atoms with Gasteiger partial charge in [0.2, 0.25) is 5.91 Å². The number of nitrogens with zero attached hydrogens (tertiary/aromatic N) is 2. The minimum absolute atomic E-state index is 0.108. The van der Waals surface area contributed by atoms with Crippen LogP contribution in [0.4, 0.5) is 5.69 Å². The number of benzene rings is 2. The molecule has 0 unspecified atom stereocenters. The smallest absolute Gasteiger partial charge is 0.277 e. The molecule has 0 spiro atoms. The molecular formula is C20H23N3O3. The molecule has 2 amide bonds. The third-order valence-electron chi connectivity index (χ3n) is 3.75. The quantitative estimate of drug-likeness (QED) is 0.614. The van der Waals surface area contributed by atoms with Crippen molar-refractivity contribution in [3.63, 3.8) is 0 Å². The molecule has 0 saturated carbocycles. The number of hydrogen-bond donors (Lipinski definition) is 1. The molecule has 0 radical (unpaired) electrons. The van der Waals surface area contributed by atoms with Crippen molar-refractivity contribution in [2.45, 2.75) is 20.3 Å². The molecule has 0 aliphatic heterocycles. The van der Waals surface area contributed by atoms with Crippen LogP contribution in [0.2, 0.25) is 0 Å². The highest BCUT2D eigenvalue weighted by Gasteiger charge is 2.12. The van der Waals surface area contributed by atoms with Crippen molar-refractivity contribution in [2.24, 2.45) is 5.10 Å². The summed E-state index contributed by atoms with van der Waals surface area (Å²) in [7, 11) is 1.71. The zero-order valence-corrected chi connectivity index (χ0v) is 15.2. The van der Waals surface area contributed by atoms with Gasteiger partial charge in [0.25, 0.3) is 5.91 Å². The van der Waals surface area contributed by atoms with Crippen LogP contribution in [0.3, 0.4) is 0 Å². The molecule has 2 rings (SSSR count). The molecular weight excluding hydrogens is 330 g/mol. The highest BCUT2D eigenvalue weighted by Crippen LogP contribution is 2.15. The fourth-order valence-corrected chi connectivity index (χ4v) is 2.22. The maximum absolute atomic E-state index is 12.3. The van der Waals surface area contributed by atoms with Crippen molar-refractivity contribution >= 4 is 23.2 Å². The van der Waals surface area contributed by atoms with Gasteiger partial charge in [0.15, 0.2) is 6.61 Å². The van der Waals surface area contributed by atoms with Crippen LogP contribution in [0.5, 0.6) is 5.75 Å². The molecule has 2 aromatic rings. The van der Waals surface area contributed by atoms with Crippen LogP contribution in [-0.2, 0) is 9.59 Å². The predicted octanol–water partition coefficient (Wildman–Crippen LogP) is 2.92. The Labute approximate surface area is 153 Å². The van der Waals surface area contributed by atoms with E-state index in [1.54, 1.807) is 24.9 Å². The second-order valence-electron chi connectivity index (χ2n) is 5.90. The first-order chi connectivity index (χ1) is 12.5. The molecule has 0 aromatic heterocycles. The van der Waals surface area contributed by atoms with Gasteiger partial charge in [0.05, 0.1) is 6.42 Å². The summed E-state index contributed by atoms with van der Waals surface area (Å²) in [5, 5.41) is 3.96. The van der Waals surface area contributed by atoms with E-state index >= 15 is 0 Å². The number of aryl methyl sites for hydroxylation is 1. The fourth-order valence-electron chi connectivity index (χ4n) is 2.22. The summed E-state index contributed by atoms with van der Waals surface area (Å²) in [6.07, 6.45) is 0.115. The Hall–Kier alpha value is -3.15. The SMILES string of the molecule is CC(CC(=O)N(C)c1ccccc1)=NNC(=O)COc1ccccc1C. The molecule has 0 aliphatic carbocycles. The fraction of sp³-hybridized carbons (Fsp3) is 0.250. The van der Waals surface area contributed by atoms with E-state index in [2.05, 4.69) is 10.5 Å². The maximum Gasteiger partial charge on any atom is 0.277 e. The molecule has 2 aromatic carbocycles. The van der Waals surface area contributed by atoms with Gasteiger partial charge in [-0.05, 0) is 37.6 Å². The molecule has 6 heteroatoms. The van der Waals surface area contributed by atoms with E-state index in [4.69, 9.17) is 4.74 Å². The topological polar surface area (TPSA) is 71.0 Å². The summed E-state index contributed by atoms with van der Waals surface area (Å²) in [5.74, 6) is 0.169. The first-order valence-corrected chi connectivity index (χ1v) is 8.29. The lowest BCUT2D eigenvalue weighted by Crippen LogP contribution is -2.29. The average molecular weight is 353 g/mol. The average Bonchev–Trinajstić information content (AvgIpc) is 2.65. The summed E-state index contributed by atoms with van der Waals surface area (Å²) in [6, 6.07) is 16.8. The summed E-state index contributed by atoms with van der Waals surface area (Å²) >= 11 is 0. The van der Waals surface area contributed by atoms with Gasteiger partial charge in [-0.2, -0.15) is 5.10 Å². The van der Waals surface area contributed by atoms with Crippen LogP contribution in [-0.4, -0.2) is 31.2 Å². The Morgan fingerprint density at radius 1 is 1.08 bits per heavy atom. The third-order valence-corrected chi connectivity index (χ3v) is 3.75. The van der Waals surface area contributed by atoms with Crippen LogP contribution in [0.1, 0.15) is 18.9 Å². The Morgan fingerprint density at radius 3 is 2.42 bits per heavy atom. The van der Waals surface area contributed by atoms with E-state index in [0.717, 1.165) is 11.3 Å². The zero-order valence-electron chi connectivity index (χ0n) is 15.2. The van der Waals surface area contributed by atoms with Crippen molar-refractivity contribution in [1.29, 1.82) is 0 Å². The number of ether oxygens (including phenoxy) is 1. The van der Waals surface area contributed by atoms with E-state index in [1.807, 2.05) is 55.5 Å². The van der Waals surface area contributed by atoms with E-state index in [1.165, 1.54) is 0 Å². The van der Waals surface area contributed by atoms with Gasteiger partial charge >= 0.3 is 0 Å². The number of rotatable bonds is 7. The lowest BCUT2D eigenvalue weighted by Gasteiger charge is -2.17. The maximum atomic E-state index is 12.3. The van der Waals surface area contributed by atoms with Gasteiger partial charge in [-0.25, -0.2) is 5.43 Å². The largest absolute Gasteiger partial charge is 0.483 e. The molecule has 136 valence electrons. The predicted molar refractivity (Wildman–Crippen MR) is 102 cm³/mol. The number of amides is 2. The standard InChI is InChI=1S/C20H23N3O3/c1-15-9-7-8-12-18(15)26-14-19(24)22-21-16(2)13-20(25)23(3)17-10-5-4-6-11-17/h4-12H,13-14H2,1-3H3,(H,22,24). The number of nitrogens with one attached hydrogen (secondary N) is 1. The van der Waals surface area contributed by atoms with E-state index in [0.29, 0.717) is 11.5 Å². The van der Waals surface area contributed by atoms with Gasteiger partial charge in [-0.15, -0.1) is 0 Å². The van der Waals surface area contributed by atoms with Gasteiger partial charge in [0.1, 0.15) is 5.75 Å². The number of hydrogen-bond acceptors (Lipinski definition) is 4. The Morgan fingerprint density at radius 2 is 1.73 bits per heavy atom. The molecule has 6 nitrogen and oxygen atoms in total. The van der Waals surface area contributed by atoms with Gasteiger partial charge < -0.3 is 9.64 Å². The molecule has 0 saturated heterocycles. The molecule has 0 atom stereocenters. The Balaban J connectivity index is 1.81. The Kier molecular flexibility index (Phi) is 6.91. The van der Waals surface area contributed by atoms with Gasteiger partial charge in [0, 0.05) is 18.4 Å². The van der Waals surface area contributed by atoms with Crippen LogP contribution < -0.4 is 15.1 Å². The normalized spacial score (nSPS) is 11.0. The van der Waals surface area contributed by atoms with E-state index in [9.17, 15) is 9.59 Å². The lowest BCUT2D eigenvalue weighted by molar-refractivity contribution is -0.123. The van der Waals surface area contributed by atoms with E-state index in [-0.39, 0.29) is 24.8 Å². The Bertz CT molecular complexity index is 788. The third kappa shape index (κ3) is 5.73. The zero-order chi connectivity index (χ0) is 18.9. The lowest BCUT2D eigenvalue weighted by atomic mass is 10.2. The number of para-hydroxylation sites is 2. The second-order valence-corrected chi connectivity index (χ2v) is 5.90. The first-order valence-electron chi connectivity index (χ1n) is 8.29. The molecule has 0 bridgehead atoms. The highest BCUT2D eigenvalue weighted by molar-refractivity contribution is 6.06. The van der Waals surface area contributed by atoms with Crippen molar-refractivity contribution < 1.29 is 14.3 Å². The molecule has 26 heavy (non-hydrogen) atoms. The molecule has 0 fully saturated rings. The summed E-state index contributed by atoms with van der Waals surface area (Å²) < 4.78 is 5.45. The first kappa shape index (κ1) is 19.2. The number of hydrazone groups is 1. The van der Waals surface area contributed by atoms with Gasteiger partial charge in [-0.3, -0.25) is 9.59 Å². The number of carbonyl (C=O) groups is 2.